The van der Waals surface area contributed by atoms with Gasteiger partial charge in [0.05, 0.1) is 17.4 Å². The minimum Gasteiger partial charge on any atom is -0.351 e. The first-order valence-electron chi connectivity index (χ1n) is 10.4. The van der Waals surface area contributed by atoms with E-state index in [2.05, 4.69) is 10.4 Å². The molecule has 2 amide bonds. The molecule has 1 aliphatic rings. The van der Waals surface area contributed by atoms with Crippen molar-refractivity contribution in [1.29, 1.82) is 0 Å². The summed E-state index contributed by atoms with van der Waals surface area (Å²) in [6.45, 7) is 4.38. The fourth-order valence-electron chi connectivity index (χ4n) is 3.93. The van der Waals surface area contributed by atoms with Crippen molar-refractivity contribution in [3.63, 3.8) is 0 Å². The zero-order valence-electron chi connectivity index (χ0n) is 17.6. The van der Waals surface area contributed by atoms with Crippen LogP contribution in [-0.2, 0) is 16.0 Å². The summed E-state index contributed by atoms with van der Waals surface area (Å²) in [5, 5.41) is 7.43. The molecule has 0 bridgehead atoms. The summed E-state index contributed by atoms with van der Waals surface area (Å²) in [4.78, 5) is 26.3. The van der Waals surface area contributed by atoms with Gasteiger partial charge in [-0.25, -0.2) is 9.07 Å². The SMILES string of the molecule is Cc1cc(C)n(-c2ccc(CCC(=O)NC3CC(=O)N(c4ccc(F)cc4)C3)cc2)n1. The van der Waals surface area contributed by atoms with E-state index in [0.717, 1.165) is 22.6 Å². The number of halogens is 1. The molecule has 3 aromatic rings. The summed E-state index contributed by atoms with van der Waals surface area (Å²) in [7, 11) is 0. The second-order valence-electron chi connectivity index (χ2n) is 7.95. The molecular weight excluding hydrogens is 395 g/mol. The Hall–Kier alpha value is -3.48. The molecule has 6 nitrogen and oxygen atoms in total. The van der Waals surface area contributed by atoms with Gasteiger partial charge in [-0.2, -0.15) is 5.10 Å². The molecule has 1 aliphatic heterocycles. The fourth-order valence-corrected chi connectivity index (χ4v) is 3.93. The van der Waals surface area contributed by atoms with Gasteiger partial charge in [-0.15, -0.1) is 0 Å². The smallest absolute Gasteiger partial charge is 0.229 e. The highest BCUT2D eigenvalue weighted by molar-refractivity contribution is 5.96. The van der Waals surface area contributed by atoms with Gasteiger partial charge in [-0.05, 0) is 68.3 Å². The van der Waals surface area contributed by atoms with E-state index < -0.39 is 0 Å². The maximum Gasteiger partial charge on any atom is 0.229 e. The van der Waals surface area contributed by atoms with Gasteiger partial charge in [0.15, 0.2) is 0 Å². The van der Waals surface area contributed by atoms with Crippen molar-refractivity contribution in [3.05, 3.63) is 77.4 Å². The van der Waals surface area contributed by atoms with E-state index in [-0.39, 0.29) is 30.1 Å². The fraction of sp³-hybridized carbons (Fsp3) is 0.292. The number of aryl methyl sites for hydroxylation is 3. The van der Waals surface area contributed by atoms with E-state index in [1.165, 1.54) is 12.1 Å². The number of aromatic nitrogens is 2. The molecule has 1 aromatic heterocycles. The van der Waals surface area contributed by atoms with Crippen molar-refractivity contribution < 1.29 is 14.0 Å². The van der Waals surface area contributed by atoms with Crippen LogP contribution >= 0.6 is 0 Å². The molecule has 0 radical (unpaired) electrons. The summed E-state index contributed by atoms with van der Waals surface area (Å²) in [5.41, 5.74) is 4.75. The molecule has 0 spiro atoms. The standard InChI is InChI=1S/C24H25FN4O2/c1-16-13-17(2)29(27-16)22-8-3-18(4-9-22)5-12-23(30)26-20-14-24(31)28(15-20)21-10-6-19(25)7-11-21/h3-4,6-11,13,20H,5,12,14-15H2,1-2H3,(H,26,30). The zero-order chi connectivity index (χ0) is 22.0. The molecule has 2 heterocycles. The van der Waals surface area contributed by atoms with Crippen LogP contribution in [0.1, 0.15) is 29.8 Å². The highest BCUT2D eigenvalue weighted by Gasteiger charge is 2.31. The van der Waals surface area contributed by atoms with Gasteiger partial charge in [0.2, 0.25) is 11.8 Å². The molecule has 31 heavy (non-hydrogen) atoms. The molecule has 1 fully saturated rings. The van der Waals surface area contributed by atoms with Crippen molar-refractivity contribution >= 4 is 17.5 Å². The average Bonchev–Trinajstić information content (AvgIpc) is 3.28. The van der Waals surface area contributed by atoms with Crippen LogP contribution in [0.25, 0.3) is 5.69 Å². The summed E-state index contributed by atoms with van der Waals surface area (Å²) in [5.74, 6) is -0.499. The van der Waals surface area contributed by atoms with Gasteiger partial charge >= 0.3 is 0 Å². The highest BCUT2D eigenvalue weighted by Crippen LogP contribution is 2.22. The predicted molar refractivity (Wildman–Crippen MR) is 117 cm³/mol. The molecule has 160 valence electrons. The van der Waals surface area contributed by atoms with E-state index in [1.54, 1.807) is 17.0 Å². The Labute approximate surface area is 180 Å². The molecule has 1 unspecified atom stereocenters. The first kappa shape index (κ1) is 20.8. The predicted octanol–water partition coefficient (Wildman–Crippen LogP) is 3.48. The molecule has 1 saturated heterocycles. The van der Waals surface area contributed by atoms with E-state index in [4.69, 9.17) is 0 Å². The lowest BCUT2D eigenvalue weighted by Crippen LogP contribution is -2.37. The Morgan fingerprint density at radius 1 is 1.10 bits per heavy atom. The molecular formula is C24H25FN4O2. The maximum atomic E-state index is 13.1. The van der Waals surface area contributed by atoms with Crippen molar-refractivity contribution in [2.75, 3.05) is 11.4 Å². The van der Waals surface area contributed by atoms with Crippen LogP contribution in [0, 0.1) is 19.7 Å². The molecule has 1 N–H and O–H groups in total. The van der Waals surface area contributed by atoms with Gasteiger partial charge in [0.1, 0.15) is 5.82 Å². The monoisotopic (exact) mass is 420 g/mol. The minimum absolute atomic E-state index is 0.0725. The summed E-state index contributed by atoms with van der Waals surface area (Å²) in [6, 6.07) is 15.6. The zero-order valence-corrected chi connectivity index (χ0v) is 17.6. The Bertz CT molecular complexity index is 1090. The Morgan fingerprint density at radius 3 is 2.42 bits per heavy atom. The normalized spacial score (nSPS) is 16.0. The van der Waals surface area contributed by atoms with Crippen molar-refractivity contribution in [1.82, 2.24) is 15.1 Å². The van der Waals surface area contributed by atoms with E-state index in [0.29, 0.717) is 25.1 Å². The highest BCUT2D eigenvalue weighted by atomic mass is 19.1. The molecule has 0 aliphatic carbocycles. The van der Waals surface area contributed by atoms with Crippen molar-refractivity contribution in [2.45, 2.75) is 39.2 Å². The largest absolute Gasteiger partial charge is 0.351 e. The van der Waals surface area contributed by atoms with Crippen LogP contribution < -0.4 is 10.2 Å². The van der Waals surface area contributed by atoms with Crippen LogP contribution in [0.2, 0.25) is 0 Å². The van der Waals surface area contributed by atoms with E-state index >= 15 is 0 Å². The lowest BCUT2D eigenvalue weighted by molar-refractivity contribution is -0.121. The number of nitrogens with one attached hydrogen (secondary N) is 1. The number of amides is 2. The van der Waals surface area contributed by atoms with Crippen LogP contribution in [0.15, 0.2) is 54.6 Å². The number of anilines is 1. The number of carbonyl (C=O) groups excluding carboxylic acids is 2. The molecule has 1 atom stereocenters. The molecule has 0 saturated carbocycles. The molecule has 7 heteroatoms. The number of nitrogens with zero attached hydrogens (tertiary/aromatic N) is 3. The Morgan fingerprint density at radius 2 is 1.77 bits per heavy atom. The number of carbonyl (C=O) groups is 2. The topological polar surface area (TPSA) is 67.2 Å². The summed E-state index contributed by atoms with van der Waals surface area (Å²) < 4.78 is 15.0. The quantitative estimate of drug-likeness (QED) is 0.664. The van der Waals surface area contributed by atoms with Gasteiger partial charge in [-0.3, -0.25) is 9.59 Å². The van der Waals surface area contributed by atoms with Gasteiger partial charge < -0.3 is 10.2 Å². The molecule has 2 aromatic carbocycles. The first-order chi connectivity index (χ1) is 14.9. The molecule has 4 rings (SSSR count). The second-order valence-corrected chi connectivity index (χ2v) is 7.95. The number of benzene rings is 2. The average molecular weight is 420 g/mol. The van der Waals surface area contributed by atoms with Gasteiger partial charge in [0, 0.05) is 30.8 Å². The van der Waals surface area contributed by atoms with E-state index in [9.17, 15) is 14.0 Å². The van der Waals surface area contributed by atoms with E-state index in [1.807, 2.05) is 48.9 Å². The first-order valence-corrected chi connectivity index (χ1v) is 10.4. The number of hydrogen-bond donors (Lipinski definition) is 1. The third kappa shape index (κ3) is 4.82. The third-order valence-corrected chi connectivity index (χ3v) is 5.46. The lowest BCUT2D eigenvalue weighted by Gasteiger charge is -2.17. The summed E-state index contributed by atoms with van der Waals surface area (Å²) >= 11 is 0. The van der Waals surface area contributed by atoms with Crippen molar-refractivity contribution in [2.24, 2.45) is 0 Å². The second kappa shape index (κ2) is 8.71. The Balaban J connectivity index is 1.29. The van der Waals surface area contributed by atoms with Crippen LogP contribution in [0.3, 0.4) is 0 Å². The maximum absolute atomic E-state index is 13.1. The van der Waals surface area contributed by atoms with Crippen molar-refractivity contribution in [3.8, 4) is 5.69 Å². The number of rotatable bonds is 6. The minimum atomic E-state index is -0.344. The summed E-state index contributed by atoms with van der Waals surface area (Å²) in [6.07, 6.45) is 1.21. The van der Waals surface area contributed by atoms with Gasteiger partial charge in [0.25, 0.3) is 0 Å². The third-order valence-electron chi connectivity index (χ3n) is 5.46. The lowest BCUT2D eigenvalue weighted by atomic mass is 10.1. The van der Waals surface area contributed by atoms with Gasteiger partial charge in [-0.1, -0.05) is 12.1 Å². The van der Waals surface area contributed by atoms with Crippen LogP contribution in [-0.4, -0.2) is 34.2 Å². The number of hydrogen-bond acceptors (Lipinski definition) is 3. The Kier molecular flexibility index (Phi) is 5.84. The van der Waals surface area contributed by atoms with Crippen LogP contribution in [0.5, 0.6) is 0 Å². The van der Waals surface area contributed by atoms with Crippen LogP contribution in [0.4, 0.5) is 10.1 Å².